The number of anilines is 1. The summed E-state index contributed by atoms with van der Waals surface area (Å²) in [6.07, 6.45) is 2.56. The molecule has 140 valence electrons. The van der Waals surface area contributed by atoms with Gasteiger partial charge in [0.2, 0.25) is 5.91 Å². The van der Waals surface area contributed by atoms with E-state index in [2.05, 4.69) is 15.4 Å². The lowest BCUT2D eigenvalue weighted by atomic mass is 10.1. The zero-order valence-electron chi connectivity index (χ0n) is 15.6. The smallest absolute Gasteiger partial charge is 0.315 e. The number of esters is 1. The van der Waals surface area contributed by atoms with Gasteiger partial charge in [0, 0.05) is 24.0 Å². The quantitative estimate of drug-likeness (QED) is 0.783. The Bertz CT molecular complexity index is 840. The predicted molar refractivity (Wildman–Crippen MR) is 99.4 cm³/mol. The summed E-state index contributed by atoms with van der Waals surface area (Å²) in [5.41, 5.74) is 3.93. The summed E-state index contributed by atoms with van der Waals surface area (Å²) < 4.78 is 6.95. The number of hydrogen-bond donors (Lipinski definition) is 1. The number of aromatic nitrogens is 3. The minimum Gasteiger partial charge on any atom is -0.465 e. The maximum Gasteiger partial charge on any atom is 0.315 e. The summed E-state index contributed by atoms with van der Waals surface area (Å²) in [4.78, 5) is 29.9. The molecule has 2 heterocycles. The first kappa shape index (κ1) is 18.6. The molecule has 1 atom stereocenters. The standard InChI is InChI=1S/C18H24N4O3S/c1-5-25-17(24)13-6-8-14-16(13)20-18(26-14)19-15(23)9-7-12-10(2)21-22(4)11(12)3/h13H,5-9H2,1-4H3,(H,19,20,23)/t13-/m0/s1. The Hall–Kier alpha value is -2.22. The van der Waals surface area contributed by atoms with E-state index in [-0.39, 0.29) is 17.8 Å². The third kappa shape index (κ3) is 3.65. The van der Waals surface area contributed by atoms with Gasteiger partial charge in [-0.15, -0.1) is 11.3 Å². The Morgan fingerprint density at radius 3 is 2.81 bits per heavy atom. The number of nitrogens with one attached hydrogen (secondary N) is 1. The van der Waals surface area contributed by atoms with Crippen molar-refractivity contribution >= 4 is 28.3 Å². The van der Waals surface area contributed by atoms with Gasteiger partial charge in [-0.3, -0.25) is 14.3 Å². The number of nitrogens with zero attached hydrogens (tertiary/aromatic N) is 3. The number of amides is 1. The molecule has 0 aliphatic heterocycles. The first-order valence-corrected chi connectivity index (χ1v) is 9.67. The van der Waals surface area contributed by atoms with E-state index >= 15 is 0 Å². The number of aryl methyl sites for hydroxylation is 3. The molecular weight excluding hydrogens is 352 g/mol. The second-order valence-electron chi connectivity index (χ2n) is 6.49. The maximum atomic E-state index is 12.3. The summed E-state index contributed by atoms with van der Waals surface area (Å²) in [6, 6.07) is 0. The molecule has 0 saturated carbocycles. The van der Waals surface area contributed by atoms with Crippen LogP contribution in [0.25, 0.3) is 0 Å². The summed E-state index contributed by atoms with van der Waals surface area (Å²) in [7, 11) is 1.91. The van der Waals surface area contributed by atoms with Gasteiger partial charge in [-0.05, 0) is 45.6 Å². The monoisotopic (exact) mass is 376 g/mol. The molecule has 0 spiro atoms. The highest BCUT2D eigenvalue weighted by Crippen LogP contribution is 2.39. The van der Waals surface area contributed by atoms with E-state index in [4.69, 9.17) is 4.74 Å². The molecule has 0 aromatic carbocycles. The van der Waals surface area contributed by atoms with Gasteiger partial charge in [0.15, 0.2) is 5.13 Å². The lowest BCUT2D eigenvalue weighted by Gasteiger charge is -2.08. The average molecular weight is 376 g/mol. The Morgan fingerprint density at radius 1 is 1.38 bits per heavy atom. The number of rotatable bonds is 6. The van der Waals surface area contributed by atoms with Crippen molar-refractivity contribution in [2.24, 2.45) is 7.05 Å². The first-order valence-electron chi connectivity index (χ1n) is 8.85. The molecule has 3 rings (SSSR count). The number of hydrogen-bond acceptors (Lipinski definition) is 6. The number of carbonyl (C=O) groups is 2. The molecule has 0 saturated heterocycles. The molecule has 0 bridgehead atoms. The van der Waals surface area contributed by atoms with Crippen molar-refractivity contribution in [2.75, 3.05) is 11.9 Å². The molecule has 1 amide bonds. The van der Waals surface area contributed by atoms with Crippen LogP contribution in [0.5, 0.6) is 0 Å². The van der Waals surface area contributed by atoms with Gasteiger partial charge in [-0.25, -0.2) is 4.98 Å². The Labute approximate surface area is 156 Å². The highest BCUT2D eigenvalue weighted by Gasteiger charge is 2.33. The highest BCUT2D eigenvalue weighted by molar-refractivity contribution is 7.16. The van der Waals surface area contributed by atoms with E-state index in [9.17, 15) is 9.59 Å². The number of thiazole rings is 1. The van der Waals surface area contributed by atoms with E-state index in [0.29, 0.717) is 24.6 Å². The molecule has 0 radical (unpaired) electrons. The van der Waals surface area contributed by atoms with Crippen molar-refractivity contribution < 1.29 is 14.3 Å². The molecule has 8 heteroatoms. The summed E-state index contributed by atoms with van der Waals surface area (Å²) in [6.45, 7) is 6.13. The van der Waals surface area contributed by atoms with Crippen LogP contribution < -0.4 is 5.32 Å². The second-order valence-corrected chi connectivity index (χ2v) is 7.58. The second kappa shape index (κ2) is 7.57. The molecule has 1 aliphatic carbocycles. The SMILES string of the molecule is CCOC(=O)[C@H]1CCc2sc(NC(=O)CCc3c(C)nn(C)c3C)nc21. The van der Waals surface area contributed by atoms with Crippen molar-refractivity contribution in [3.05, 3.63) is 27.5 Å². The van der Waals surface area contributed by atoms with Crippen LogP contribution in [0.1, 0.15) is 53.2 Å². The minimum atomic E-state index is -0.299. The van der Waals surface area contributed by atoms with Crippen LogP contribution >= 0.6 is 11.3 Å². The van der Waals surface area contributed by atoms with E-state index in [1.807, 2.05) is 25.6 Å². The van der Waals surface area contributed by atoms with Crippen molar-refractivity contribution in [3.8, 4) is 0 Å². The highest BCUT2D eigenvalue weighted by atomic mass is 32.1. The van der Waals surface area contributed by atoms with Crippen LogP contribution in [0.15, 0.2) is 0 Å². The third-order valence-electron chi connectivity index (χ3n) is 4.80. The van der Waals surface area contributed by atoms with E-state index < -0.39 is 0 Å². The van der Waals surface area contributed by atoms with Gasteiger partial charge in [0.1, 0.15) is 5.92 Å². The van der Waals surface area contributed by atoms with E-state index in [1.54, 1.807) is 6.92 Å². The maximum absolute atomic E-state index is 12.3. The fourth-order valence-electron chi connectivity index (χ4n) is 3.35. The van der Waals surface area contributed by atoms with Gasteiger partial charge in [-0.1, -0.05) is 0 Å². The Balaban J connectivity index is 1.61. The third-order valence-corrected chi connectivity index (χ3v) is 5.84. The normalized spacial score (nSPS) is 15.8. The molecule has 0 fully saturated rings. The van der Waals surface area contributed by atoms with Gasteiger partial charge in [-0.2, -0.15) is 5.10 Å². The van der Waals surface area contributed by atoms with Gasteiger partial charge < -0.3 is 10.1 Å². The topological polar surface area (TPSA) is 86.1 Å². The van der Waals surface area contributed by atoms with Crippen molar-refractivity contribution in [3.63, 3.8) is 0 Å². The largest absolute Gasteiger partial charge is 0.465 e. The fourth-order valence-corrected chi connectivity index (χ4v) is 4.41. The van der Waals surface area contributed by atoms with Gasteiger partial charge in [0.25, 0.3) is 0 Å². The van der Waals surface area contributed by atoms with Crippen LogP contribution in [0, 0.1) is 13.8 Å². The molecular formula is C18H24N4O3S. The van der Waals surface area contributed by atoms with Crippen LogP contribution in [0.2, 0.25) is 0 Å². The molecule has 1 aliphatic rings. The molecule has 0 unspecified atom stereocenters. The van der Waals surface area contributed by atoms with Crippen LogP contribution in [0.4, 0.5) is 5.13 Å². The zero-order chi connectivity index (χ0) is 18.8. The van der Waals surface area contributed by atoms with Crippen molar-refractivity contribution in [2.45, 2.75) is 52.4 Å². The van der Waals surface area contributed by atoms with Crippen LogP contribution in [-0.4, -0.2) is 33.2 Å². The fraction of sp³-hybridized carbons (Fsp3) is 0.556. The number of carbonyl (C=O) groups excluding carboxylic acids is 2. The number of fused-ring (bicyclic) bond motifs is 1. The van der Waals surface area contributed by atoms with Gasteiger partial charge in [0.05, 0.1) is 18.0 Å². The van der Waals surface area contributed by atoms with Crippen LogP contribution in [-0.2, 0) is 34.2 Å². The molecule has 2 aromatic heterocycles. The molecule has 2 aromatic rings. The summed E-state index contributed by atoms with van der Waals surface area (Å²) >= 11 is 1.45. The first-order chi connectivity index (χ1) is 12.4. The average Bonchev–Trinajstić information content (AvgIpc) is 3.20. The van der Waals surface area contributed by atoms with Crippen molar-refractivity contribution in [1.82, 2.24) is 14.8 Å². The van der Waals surface area contributed by atoms with Gasteiger partial charge >= 0.3 is 5.97 Å². The molecule has 1 N–H and O–H groups in total. The Kier molecular flexibility index (Phi) is 5.41. The van der Waals surface area contributed by atoms with E-state index in [1.165, 1.54) is 11.3 Å². The van der Waals surface area contributed by atoms with E-state index in [0.717, 1.165) is 40.4 Å². The lowest BCUT2D eigenvalue weighted by Crippen LogP contribution is -2.15. The summed E-state index contributed by atoms with van der Waals surface area (Å²) in [5, 5.41) is 7.81. The molecule has 26 heavy (non-hydrogen) atoms. The Morgan fingerprint density at radius 2 is 2.15 bits per heavy atom. The number of ether oxygens (including phenoxy) is 1. The predicted octanol–water partition coefficient (Wildman–Crippen LogP) is 2.66. The lowest BCUT2D eigenvalue weighted by molar-refractivity contribution is -0.145. The summed E-state index contributed by atoms with van der Waals surface area (Å²) in [5.74, 6) is -0.600. The zero-order valence-corrected chi connectivity index (χ0v) is 16.4. The minimum absolute atomic E-state index is 0.0761. The van der Waals surface area contributed by atoms with Crippen molar-refractivity contribution in [1.29, 1.82) is 0 Å². The molecule has 7 nitrogen and oxygen atoms in total. The van der Waals surface area contributed by atoms with Crippen LogP contribution in [0.3, 0.4) is 0 Å².